The number of nitrogens with zero attached hydrogens (tertiary/aromatic N) is 4. The molecular weight excluding hydrogens is 367 g/mol. The van der Waals surface area contributed by atoms with Gasteiger partial charge in [-0.05, 0) is 42.8 Å². The van der Waals surface area contributed by atoms with E-state index >= 15 is 0 Å². The molecular formula is C20H18ClFN4O. The highest BCUT2D eigenvalue weighted by Gasteiger charge is 2.24. The van der Waals surface area contributed by atoms with Crippen LogP contribution >= 0.6 is 11.6 Å². The lowest BCUT2D eigenvalue weighted by Gasteiger charge is -2.35. The Bertz CT molecular complexity index is 1020. The molecule has 0 unspecified atom stereocenters. The SMILES string of the molecule is Cc1ccc(C(=O)N2CCN(c3ncnc4cc(Cl)ccc34)CC2)cc1F. The number of halogens is 2. The van der Waals surface area contributed by atoms with E-state index in [0.717, 1.165) is 16.7 Å². The van der Waals surface area contributed by atoms with E-state index in [0.29, 0.717) is 42.3 Å². The Morgan fingerprint density at radius 2 is 1.85 bits per heavy atom. The van der Waals surface area contributed by atoms with Crippen LogP contribution in [-0.2, 0) is 0 Å². The first-order valence-electron chi connectivity index (χ1n) is 8.73. The fraction of sp³-hybridized carbons (Fsp3) is 0.250. The molecule has 0 N–H and O–H groups in total. The van der Waals surface area contributed by atoms with Gasteiger partial charge >= 0.3 is 0 Å². The molecule has 7 heteroatoms. The number of piperazine rings is 1. The van der Waals surface area contributed by atoms with Gasteiger partial charge in [-0.1, -0.05) is 17.7 Å². The number of aryl methyl sites for hydroxylation is 1. The van der Waals surface area contributed by atoms with Crippen LogP contribution in [0, 0.1) is 12.7 Å². The summed E-state index contributed by atoms with van der Waals surface area (Å²) in [6, 6.07) is 10.2. The van der Waals surface area contributed by atoms with E-state index in [4.69, 9.17) is 11.6 Å². The van der Waals surface area contributed by atoms with Crippen LogP contribution in [-0.4, -0.2) is 47.0 Å². The number of aromatic nitrogens is 2. The molecule has 5 nitrogen and oxygen atoms in total. The zero-order valence-electron chi connectivity index (χ0n) is 14.8. The van der Waals surface area contributed by atoms with Crippen LogP contribution in [0.2, 0.25) is 5.02 Å². The number of anilines is 1. The molecule has 1 aliphatic rings. The summed E-state index contributed by atoms with van der Waals surface area (Å²) in [7, 11) is 0. The predicted molar refractivity (Wildman–Crippen MR) is 104 cm³/mol. The number of benzene rings is 2. The van der Waals surface area contributed by atoms with Crippen molar-refractivity contribution in [1.29, 1.82) is 0 Å². The van der Waals surface area contributed by atoms with Crippen LogP contribution in [0.1, 0.15) is 15.9 Å². The van der Waals surface area contributed by atoms with E-state index < -0.39 is 0 Å². The Hall–Kier alpha value is -2.73. The molecule has 0 saturated carbocycles. The number of carbonyl (C=O) groups is 1. The second-order valence-electron chi connectivity index (χ2n) is 6.60. The topological polar surface area (TPSA) is 49.3 Å². The molecule has 4 rings (SSSR count). The zero-order chi connectivity index (χ0) is 19.0. The molecule has 0 radical (unpaired) electrons. The van der Waals surface area contributed by atoms with Gasteiger partial charge in [-0.15, -0.1) is 0 Å². The Labute approximate surface area is 161 Å². The van der Waals surface area contributed by atoms with Crippen molar-refractivity contribution in [3.63, 3.8) is 0 Å². The second kappa shape index (κ2) is 7.12. The van der Waals surface area contributed by atoms with Crippen molar-refractivity contribution in [2.75, 3.05) is 31.1 Å². The summed E-state index contributed by atoms with van der Waals surface area (Å²) in [5.74, 6) is 0.337. The van der Waals surface area contributed by atoms with E-state index in [9.17, 15) is 9.18 Å². The first-order chi connectivity index (χ1) is 13.0. The Balaban J connectivity index is 1.51. The molecule has 1 aliphatic heterocycles. The van der Waals surface area contributed by atoms with Crippen molar-refractivity contribution in [1.82, 2.24) is 14.9 Å². The van der Waals surface area contributed by atoms with E-state index in [1.54, 1.807) is 24.0 Å². The van der Waals surface area contributed by atoms with Crippen molar-refractivity contribution in [3.8, 4) is 0 Å². The Morgan fingerprint density at radius 1 is 1.07 bits per heavy atom. The highest BCUT2D eigenvalue weighted by molar-refractivity contribution is 6.31. The summed E-state index contributed by atoms with van der Waals surface area (Å²) in [5.41, 5.74) is 1.71. The summed E-state index contributed by atoms with van der Waals surface area (Å²) >= 11 is 6.04. The Morgan fingerprint density at radius 3 is 2.59 bits per heavy atom. The van der Waals surface area contributed by atoms with Gasteiger partial charge in [0.2, 0.25) is 0 Å². The minimum Gasteiger partial charge on any atom is -0.352 e. The molecule has 0 atom stereocenters. The van der Waals surface area contributed by atoms with Gasteiger partial charge < -0.3 is 9.80 Å². The first-order valence-corrected chi connectivity index (χ1v) is 9.11. The number of amides is 1. The van der Waals surface area contributed by atoms with Gasteiger partial charge in [-0.3, -0.25) is 4.79 Å². The molecule has 27 heavy (non-hydrogen) atoms. The molecule has 0 aliphatic carbocycles. The summed E-state index contributed by atoms with van der Waals surface area (Å²) in [6.45, 7) is 4.08. The number of rotatable bonds is 2. The van der Waals surface area contributed by atoms with Gasteiger partial charge in [0.15, 0.2) is 0 Å². The molecule has 1 amide bonds. The molecule has 0 bridgehead atoms. The number of carbonyl (C=O) groups excluding carboxylic acids is 1. The quantitative estimate of drug-likeness (QED) is 0.676. The lowest BCUT2D eigenvalue weighted by molar-refractivity contribution is 0.0746. The molecule has 0 spiro atoms. The number of fused-ring (bicyclic) bond motifs is 1. The summed E-state index contributed by atoms with van der Waals surface area (Å²) in [6.07, 6.45) is 1.53. The first kappa shape index (κ1) is 17.7. The lowest BCUT2D eigenvalue weighted by atomic mass is 10.1. The van der Waals surface area contributed by atoms with Crippen molar-refractivity contribution in [3.05, 3.63) is 64.7 Å². The molecule has 3 aromatic rings. The maximum Gasteiger partial charge on any atom is 0.254 e. The zero-order valence-corrected chi connectivity index (χ0v) is 15.6. The van der Waals surface area contributed by atoms with Gasteiger partial charge in [0.25, 0.3) is 5.91 Å². The Kier molecular flexibility index (Phi) is 4.66. The molecule has 138 valence electrons. The number of hydrogen-bond donors (Lipinski definition) is 0. The third-order valence-electron chi connectivity index (χ3n) is 4.86. The summed E-state index contributed by atoms with van der Waals surface area (Å²) in [5, 5.41) is 1.56. The van der Waals surface area contributed by atoms with E-state index in [1.165, 1.54) is 12.4 Å². The van der Waals surface area contributed by atoms with Crippen LogP contribution < -0.4 is 4.90 Å². The second-order valence-corrected chi connectivity index (χ2v) is 7.04. The van der Waals surface area contributed by atoms with Crippen LogP contribution in [0.4, 0.5) is 10.2 Å². The molecule has 1 fully saturated rings. The lowest BCUT2D eigenvalue weighted by Crippen LogP contribution is -2.49. The molecule has 1 aromatic heterocycles. The van der Waals surface area contributed by atoms with Gasteiger partial charge in [-0.2, -0.15) is 0 Å². The summed E-state index contributed by atoms with van der Waals surface area (Å²) in [4.78, 5) is 25.2. The highest BCUT2D eigenvalue weighted by Crippen LogP contribution is 2.26. The third kappa shape index (κ3) is 3.45. The molecule has 2 aromatic carbocycles. The van der Waals surface area contributed by atoms with Crippen molar-refractivity contribution < 1.29 is 9.18 Å². The van der Waals surface area contributed by atoms with Gasteiger partial charge in [0, 0.05) is 42.2 Å². The molecule has 1 saturated heterocycles. The van der Waals surface area contributed by atoms with Crippen LogP contribution in [0.5, 0.6) is 0 Å². The predicted octanol–water partition coefficient (Wildman–Crippen LogP) is 3.69. The van der Waals surface area contributed by atoms with Gasteiger partial charge in [0.1, 0.15) is 18.0 Å². The van der Waals surface area contributed by atoms with Gasteiger partial charge in [-0.25, -0.2) is 14.4 Å². The van der Waals surface area contributed by atoms with Crippen LogP contribution in [0.15, 0.2) is 42.7 Å². The largest absolute Gasteiger partial charge is 0.352 e. The van der Waals surface area contributed by atoms with E-state index in [-0.39, 0.29) is 11.7 Å². The van der Waals surface area contributed by atoms with Crippen molar-refractivity contribution in [2.45, 2.75) is 6.92 Å². The third-order valence-corrected chi connectivity index (χ3v) is 5.10. The average Bonchev–Trinajstić information content (AvgIpc) is 2.69. The normalized spacial score (nSPS) is 14.6. The van der Waals surface area contributed by atoms with Crippen LogP contribution in [0.3, 0.4) is 0 Å². The van der Waals surface area contributed by atoms with Crippen LogP contribution in [0.25, 0.3) is 10.9 Å². The average molecular weight is 385 g/mol. The van der Waals surface area contributed by atoms with Crippen molar-refractivity contribution >= 4 is 34.2 Å². The fourth-order valence-electron chi connectivity index (χ4n) is 3.30. The molecule has 2 heterocycles. The standard InChI is InChI=1S/C20H18ClFN4O/c1-13-2-3-14(10-17(13)22)20(27)26-8-6-25(7-9-26)19-16-5-4-15(21)11-18(16)23-12-24-19/h2-5,10-12H,6-9H2,1H3. The van der Waals surface area contributed by atoms with E-state index in [1.807, 2.05) is 18.2 Å². The highest BCUT2D eigenvalue weighted by atomic mass is 35.5. The smallest absolute Gasteiger partial charge is 0.254 e. The monoisotopic (exact) mass is 384 g/mol. The van der Waals surface area contributed by atoms with Crippen molar-refractivity contribution in [2.24, 2.45) is 0 Å². The maximum absolute atomic E-state index is 13.8. The fourth-order valence-corrected chi connectivity index (χ4v) is 3.46. The van der Waals surface area contributed by atoms with Gasteiger partial charge in [0.05, 0.1) is 5.52 Å². The van der Waals surface area contributed by atoms with E-state index in [2.05, 4.69) is 14.9 Å². The summed E-state index contributed by atoms with van der Waals surface area (Å²) < 4.78 is 13.8. The minimum atomic E-state index is -0.356. The minimum absolute atomic E-state index is 0.145. The number of hydrogen-bond acceptors (Lipinski definition) is 4. The maximum atomic E-state index is 13.8.